The van der Waals surface area contributed by atoms with E-state index in [2.05, 4.69) is 15.9 Å². The number of rotatable bonds is 2. The van der Waals surface area contributed by atoms with Gasteiger partial charge in [0.15, 0.2) is 0 Å². The van der Waals surface area contributed by atoms with Crippen LogP contribution in [0, 0.1) is 5.82 Å². The van der Waals surface area contributed by atoms with Gasteiger partial charge in [-0.15, -0.1) is 0 Å². The number of benzene rings is 1. The third-order valence-electron chi connectivity index (χ3n) is 1.52. The fourth-order valence-corrected chi connectivity index (χ4v) is 1.15. The third-order valence-corrected chi connectivity index (χ3v) is 2.17. The molecule has 0 fully saturated rings. The number of carbonyl (C=O) groups is 1. The fourth-order valence-electron chi connectivity index (χ4n) is 0.899. The molecule has 1 nitrogen and oxygen atoms in total. The summed E-state index contributed by atoms with van der Waals surface area (Å²) < 4.78 is 13.4. The highest BCUT2D eigenvalue weighted by Gasteiger charge is 1.98. The molecule has 0 radical (unpaired) electrons. The molecule has 1 rings (SSSR count). The molecule has 0 aliphatic carbocycles. The molecule has 1 aromatic carbocycles. The average molecular weight is 243 g/mol. The van der Waals surface area contributed by atoms with Gasteiger partial charge in [0.1, 0.15) is 12.1 Å². The summed E-state index contributed by atoms with van der Waals surface area (Å²) in [5.41, 5.74) is 1.26. The van der Waals surface area contributed by atoms with Crippen molar-refractivity contribution in [2.45, 2.75) is 6.92 Å². The predicted molar refractivity (Wildman–Crippen MR) is 53.8 cm³/mol. The Hall–Kier alpha value is -0.960. The number of hydrogen-bond acceptors (Lipinski definition) is 1. The largest absolute Gasteiger partial charge is 0.298 e. The van der Waals surface area contributed by atoms with Crippen molar-refractivity contribution in [3.05, 3.63) is 39.6 Å². The molecule has 0 heterocycles. The van der Waals surface area contributed by atoms with Gasteiger partial charge in [-0.25, -0.2) is 4.39 Å². The van der Waals surface area contributed by atoms with E-state index in [9.17, 15) is 9.18 Å². The van der Waals surface area contributed by atoms with Gasteiger partial charge in [0.25, 0.3) is 0 Å². The van der Waals surface area contributed by atoms with E-state index in [0.29, 0.717) is 15.6 Å². The smallest absolute Gasteiger partial charge is 0.145 e. The first-order chi connectivity index (χ1) is 6.13. The molecule has 0 aliphatic heterocycles. The zero-order valence-electron chi connectivity index (χ0n) is 7.05. The summed E-state index contributed by atoms with van der Waals surface area (Å²) >= 11 is 3.05. The number of hydrogen-bond donors (Lipinski definition) is 0. The Morgan fingerprint density at radius 1 is 1.54 bits per heavy atom. The molecule has 0 saturated carbocycles. The normalized spacial score (nSPS) is 11.5. The van der Waals surface area contributed by atoms with Crippen LogP contribution >= 0.6 is 15.9 Å². The summed E-state index contributed by atoms with van der Waals surface area (Å²) in [6.07, 6.45) is 2.36. The van der Waals surface area contributed by atoms with Crippen LogP contribution in [0.4, 0.5) is 4.39 Å². The lowest BCUT2D eigenvalue weighted by Gasteiger charge is -1.96. The van der Waals surface area contributed by atoms with Gasteiger partial charge in [0.05, 0.1) is 4.47 Å². The molecule has 0 aliphatic rings. The van der Waals surface area contributed by atoms with Gasteiger partial charge in [-0.3, -0.25) is 4.79 Å². The predicted octanol–water partition coefficient (Wildman–Crippen LogP) is 3.19. The third kappa shape index (κ3) is 2.77. The van der Waals surface area contributed by atoms with Gasteiger partial charge in [0, 0.05) is 0 Å². The van der Waals surface area contributed by atoms with Crippen LogP contribution in [-0.4, -0.2) is 6.29 Å². The van der Waals surface area contributed by atoms with E-state index in [1.807, 2.05) is 0 Å². The van der Waals surface area contributed by atoms with Crippen molar-refractivity contribution in [1.29, 1.82) is 0 Å². The molecule has 0 saturated heterocycles. The molecule has 68 valence electrons. The minimum atomic E-state index is -0.326. The van der Waals surface area contributed by atoms with E-state index in [0.717, 1.165) is 6.29 Å². The maximum atomic E-state index is 13.0. The van der Waals surface area contributed by atoms with Gasteiger partial charge in [-0.2, -0.15) is 0 Å². The van der Waals surface area contributed by atoms with Crippen molar-refractivity contribution in [1.82, 2.24) is 0 Å². The van der Waals surface area contributed by atoms with Crippen molar-refractivity contribution >= 4 is 28.3 Å². The van der Waals surface area contributed by atoms with Crippen molar-refractivity contribution in [2.24, 2.45) is 0 Å². The zero-order valence-corrected chi connectivity index (χ0v) is 8.64. The van der Waals surface area contributed by atoms with Crippen molar-refractivity contribution in [2.75, 3.05) is 0 Å². The lowest BCUT2D eigenvalue weighted by atomic mass is 10.1. The molecule has 0 spiro atoms. The second kappa shape index (κ2) is 4.33. The van der Waals surface area contributed by atoms with Crippen LogP contribution in [0.25, 0.3) is 6.08 Å². The van der Waals surface area contributed by atoms with Crippen LogP contribution in [0.15, 0.2) is 28.2 Å². The summed E-state index contributed by atoms with van der Waals surface area (Å²) in [6, 6.07) is 4.72. The fraction of sp³-hybridized carbons (Fsp3) is 0.100. The van der Waals surface area contributed by atoms with Gasteiger partial charge in [-0.1, -0.05) is 6.07 Å². The summed E-state index contributed by atoms with van der Waals surface area (Å²) in [6.45, 7) is 1.67. The summed E-state index contributed by atoms with van der Waals surface area (Å²) in [5, 5.41) is 0. The molecule has 0 N–H and O–H groups in total. The number of aldehydes is 1. The number of halogens is 2. The average Bonchev–Trinajstić information content (AvgIpc) is 2.11. The first-order valence-electron chi connectivity index (χ1n) is 3.72. The highest BCUT2D eigenvalue weighted by Crippen LogP contribution is 2.17. The minimum Gasteiger partial charge on any atom is -0.298 e. The topological polar surface area (TPSA) is 17.1 Å². The molecular weight excluding hydrogens is 235 g/mol. The highest BCUT2D eigenvalue weighted by atomic mass is 79.9. The first-order valence-corrected chi connectivity index (χ1v) is 4.51. The van der Waals surface area contributed by atoms with Crippen LogP contribution in [0.1, 0.15) is 12.5 Å². The number of allylic oxidation sites excluding steroid dienone is 1. The Bertz CT molecular complexity index is 358. The molecule has 1 aromatic rings. The van der Waals surface area contributed by atoms with Crippen LogP contribution in [0.2, 0.25) is 0 Å². The zero-order chi connectivity index (χ0) is 9.84. The lowest BCUT2D eigenvalue weighted by molar-refractivity contribution is -0.104. The Balaban J connectivity index is 3.04. The van der Waals surface area contributed by atoms with E-state index in [-0.39, 0.29) is 5.82 Å². The van der Waals surface area contributed by atoms with Crippen molar-refractivity contribution in [3.8, 4) is 0 Å². The molecule has 13 heavy (non-hydrogen) atoms. The van der Waals surface area contributed by atoms with E-state index >= 15 is 0 Å². The van der Waals surface area contributed by atoms with Crippen molar-refractivity contribution < 1.29 is 9.18 Å². The standard InChI is InChI=1S/C10H8BrFO/c1-7(6-13)4-8-2-3-9(11)10(12)5-8/h2-6H,1H3/b7-4-. The summed E-state index contributed by atoms with van der Waals surface area (Å²) in [7, 11) is 0. The van der Waals surface area contributed by atoms with Crippen LogP contribution in [0.3, 0.4) is 0 Å². The molecule has 0 atom stereocenters. The molecular formula is C10H8BrFO. The van der Waals surface area contributed by atoms with Crippen molar-refractivity contribution in [3.63, 3.8) is 0 Å². The summed E-state index contributed by atoms with van der Waals surface area (Å²) in [4.78, 5) is 10.3. The SMILES string of the molecule is C/C(C=O)=C/c1ccc(Br)c(F)c1. The van der Waals surface area contributed by atoms with E-state index < -0.39 is 0 Å². The maximum Gasteiger partial charge on any atom is 0.145 e. The maximum absolute atomic E-state index is 13.0. The quantitative estimate of drug-likeness (QED) is 0.575. The van der Waals surface area contributed by atoms with Crippen LogP contribution in [-0.2, 0) is 4.79 Å². The van der Waals surface area contributed by atoms with Gasteiger partial charge in [-0.05, 0) is 52.2 Å². The van der Waals surface area contributed by atoms with Crippen LogP contribution < -0.4 is 0 Å². The summed E-state index contributed by atoms with van der Waals surface area (Å²) in [5.74, 6) is -0.326. The highest BCUT2D eigenvalue weighted by molar-refractivity contribution is 9.10. The molecule has 0 aromatic heterocycles. The Labute approximate surface area is 84.4 Å². The number of carbonyl (C=O) groups excluding carboxylic acids is 1. The molecule has 0 amide bonds. The lowest BCUT2D eigenvalue weighted by Crippen LogP contribution is -1.81. The Morgan fingerprint density at radius 3 is 2.77 bits per heavy atom. The minimum absolute atomic E-state index is 0.326. The second-order valence-electron chi connectivity index (χ2n) is 2.68. The van der Waals surface area contributed by atoms with Crippen LogP contribution in [0.5, 0.6) is 0 Å². The van der Waals surface area contributed by atoms with E-state index in [1.165, 1.54) is 6.07 Å². The van der Waals surface area contributed by atoms with Gasteiger partial charge >= 0.3 is 0 Å². The molecule has 0 bridgehead atoms. The van der Waals surface area contributed by atoms with E-state index in [1.54, 1.807) is 25.1 Å². The second-order valence-corrected chi connectivity index (χ2v) is 3.53. The monoisotopic (exact) mass is 242 g/mol. The molecule has 0 unspecified atom stereocenters. The Morgan fingerprint density at radius 2 is 2.23 bits per heavy atom. The molecule has 3 heteroatoms. The first kappa shape index (κ1) is 10.1. The van der Waals surface area contributed by atoms with Gasteiger partial charge < -0.3 is 0 Å². The van der Waals surface area contributed by atoms with E-state index in [4.69, 9.17) is 0 Å². The van der Waals surface area contributed by atoms with Gasteiger partial charge in [0.2, 0.25) is 0 Å². The Kier molecular flexibility index (Phi) is 3.37.